The fourth-order valence-corrected chi connectivity index (χ4v) is 3.69. The molecule has 0 fully saturated rings. The molecule has 0 bridgehead atoms. The van der Waals surface area contributed by atoms with Crippen molar-refractivity contribution in [2.45, 2.75) is 20.0 Å². The third-order valence-electron chi connectivity index (χ3n) is 5.17. The lowest BCUT2D eigenvalue weighted by Crippen LogP contribution is -2.08. The largest absolute Gasteiger partial charge is 0.418 e. The third kappa shape index (κ3) is 3.08. The van der Waals surface area contributed by atoms with Crippen molar-refractivity contribution in [3.05, 3.63) is 76.1 Å². The van der Waals surface area contributed by atoms with E-state index in [1.165, 1.54) is 32.0 Å². The molecule has 0 radical (unpaired) electrons. The van der Waals surface area contributed by atoms with Gasteiger partial charge in [0.2, 0.25) is 0 Å². The molecule has 1 amide bonds. The Kier molecular flexibility index (Phi) is 4.52. The molecule has 0 unspecified atom stereocenters. The summed E-state index contributed by atoms with van der Waals surface area (Å²) in [4.78, 5) is 15.2. The van der Waals surface area contributed by atoms with Gasteiger partial charge in [0.25, 0.3) is 5.91 Å². The normalized spacial score (nSPS) is 14.9. The van der Waals surface area contributed by atoms with E-state index in [1.54, 1.807) is 12.1 Å². The number of carbonyl (C=O) groups excluding carboxylic acids is 1. The number of rotatable bonds is 2. The number of H-pyrrole nitrogens is 1. The topological polar surface area (TPSA) is 44.9 Å². The van der Waals surface area contributed by atoms with Crippen LogP contribution in [0.4, 0.5) is 27.6 Å². The number of aromatic nitrogens is 1. The van der Waals surface area contributed by atoms with Crippen molar-refractivity contribution in [1.82, 2.24) is 4.98 Å². The summed E-state index contributed by atoms with van der Waals surface area (Å²) >= 11 is 0. The molecule has 0 saturated carbocycles. The quantitative estimate of drug-likeness (QED) is 0.384. The summed E-state index contributed by atoms with van der Waals surface area (Å²) in [6.45, 7) is 2.84. The van der Waals surface area contributed by atoms with Gasteiger partial charge >= 0.3 is 6.18 Å². The maximum atomic E-state index is 14.4. The third-order valence-corrected chi connectivity index (χ3v) is 5.17. The van der Waals surface area contributed by atoms with Gasteiger partial charge in [0.05, 0.1) is 16.8 Å². The van der Waals surface area contributed by atoms with Gasteiger partial charge in [-0.1, -0.05) is 24.3 Å². The Hall–Kier alpha value is -3.42. The van der Waals surface area contributed by atoms with E-state index >= 15 is 0 Å². The van der Waals surface area contributed by atoms with E-state index in [0.717, 1.165) is 12.1 Å². The Morgan fingerprint density at radius 3 is 2.33 bits per heavy atom. The second-order valence-electron chi connectivity index (χ2n) is 7.00. The Bertz CT molecular complexity index is 1220. The monoisotopic (exact) mass is 418 g/mol. The molecular weight excluding hydrogens is 403 g/mol. The van der Waals surface area contributed by atoms with Crippen LogP contribution in [0.25, 0.3) is 22.8 Å². The van der Waals surface area contributed by atoms with Crippen LogP contribution in [-0.2, 0) is 11.0 Å². The van der Waals surface area contributed by atoms with Crippen molar-refractivity contribution in [3.8, 4) is 11.1 Å². The summed E-state index contributed by atoms with van der Waals surface area (Å²) in [5.74, 6) is -2.80. The molecule has 1 aliphatic rings. The Labute approximate surface area is 168 Å². The molecule has 0 saturated heterocycles. The van der Waals surface area contributed by atoms with Crippen molar-refractivity contribution in [1.29, 1.82) is 0 Å². The average molecular weight is 418 g/mol. The van der Waals surface area contributed by atoms with Crippen molar-refractivity contribution in [2.75, 3.05) is 5.32 Å². The van der Waals surface area contributed by atoms with Crippen LogP contribution >= 0.6 is 0 Å². The molecule has 1 aliphatic heterocycles. The van der Waals surface area contributed by atoms with Gasteiger partial charge in [0.1, 0.15) is 0 Å². The van der Waals surface area contributed by atoms with Crippen molar-refractivity contribution < 1.29 is 26.7 Å². The number of hydrogen-bond donors (Lipinski definition) is 2. The average Bonchev–Trinajstić information content (AvgIpc) is 3.13. The molecule has 154 valence electrons. The van der Waals surface area contributed by atoms with Crippen LogP contribution in [0, 0.1) is 25.5 Å². The summed E-state index contributed by atoms with van der Waals surface area (Å²) in [5, 5.41) is 2.57. The Morgan fingerprint density at radius 2 is 1.63 bits per heavy atom. The molecule has 2 aromatic carbocycles. The smallest absolute Gasteiger partial charge is 0.358 e. The van der Waals surface area contributed by atoms with E-state index in [9.17, 15) is 26.7 Å². The molecule has 2 N–H and O–H groups in total. The van der Waals surface area contributed by atoms with Crippen molar-refractivity contribution in [3.63, 3.8) is 0 Å². The fourth-order valence-electron chi connectivity index (χ4n) is 3.69. The van der Waals surface area contributed by atoms with Crippen LogP contribution in [-0.4, -0.2) is 10.9 Å². The number of anilines is 1. The van der Waals surface area contributed by atoms with E-state index < -0.39 is 29.3 Å². The predicted molar refractivity (Wildman–Crippen MR) is 104 cm³/mol. The van der Waals surface area contributed by atoms with Crippen LogP contribution in [0.3, 0.4) is 0 Å². The van der Waals surface area contributed by atoms with Gasteiger partial charge in [-0.25, -0.2) is 8.78 Å². The maximum Gasteiger partial charge on any atom is 0.418 e. The molecule has 30 heavy (non-hydrogen) atoms. The van der Waals surface area contributed by atoms with Crippen LogP contribution in [0.2, 0.25) is 0 Å². The van der Waals surface area contributed by atoms with E-state index in [4.69, 9.17) is 0 Å². The minimum absolute atomic E-state index is 0.0254. The highest BCUT2D eigenvalue weighted by Gasteiger charge is 2.38. The van der Waals surface area contributed by atoms with Gasteiger partial charge < -0.3 is 10.3 Å². The first kappa shape index (κ1) is 19.9. The van der Waals surface area contributed by atoms with Crippen molar-refractivity contribution >= 4 is 23.2 Å². The molecule has 8 heteroatoms. The Balaban J connectivity index is 1.97. The lowest BCUT2D eigenvalue weighted by molar-refractivity contribution is -0.138. The van der Waals surface area contributed by atoms with Gasteiger partial charge in [0.15, 0.2) is 11.6 Å². The minimum Gasteiger partial charge on any atom is -0.358 e. The van der Waals surface area contributed by atoms with Crippen LogP contribution in [0.15, 0.2) is 36.4 Å². The van der Waals surface area contributed by atoms with Gasteiger partial charge in [-0.05, 0) is 43.2 Å². The Morgan fingerprint density at radius 1 is 0.967 bits per heavy atom. The minimum atomic E-state index is -4.63. The first-order valence-corrected chi connectivity index (χ1v) is 8.96. The molecule has 3 nitrogen and oxygen atoms in total. The van der Waals surface area contributed by atoms with E-state index in [-0.39, 0.29) is 33.5 Å². The molecule has 1 aromatic heterocycles. The number of alkyl halides is 3. The molecular formula is C22H15F5N2O. The van der Waals surface area contributed by atoms with E-state index in [0.29, 0.717) is 11.4 Å². The lowest BCUT2D eigenvalue weighted by atomic mass is 9.93. The lowest BCUT2D eigenvalue weighted by Gasteiger charge is -2.11. The number of amides is 1. The summed E-state index contributed by atoms with van der Waals surface area (Å²) < 4.78 is 69.0. The second-order valence-corrected chi connectivity index (χ2v) is 7.00. The molecule has 4 rings (SSSR count). The van der Waals surface area contributed by atoms with E-state index in [2.05, 4.69) is 10.3 Å². The standard InChI is InChI=1S/C22H15F5N2O/c1-10-11(2)28-17(19(10)22(25,26)27)9-14-18-12(5-4-8-16(18)29-21(14)30)13-6-3-7-15(23)20(13)24/h3-9,28H,1-2H3,(H,29,30)/b14-9-. The first-order valence-electron chi connectivity index (χ1n) is 8.96. The summed E-state index contributed by atoms with van der Waals surface area (Å²) in [6, 6.07) is 8.21. The fraction of sp³-hybridized carbons (Fsp3) is 0.136. The highest BCUT2D eigenvalue weighted by molar-refractivity contribution is 6.36. The van der Waals surface area contributed by atoms with Gasteiger partial charge in [-0.3, -0.25) is 4.79 Å². The summed E-state index contributed by atoms with van der Waals surface area (Å²) in [5.41, 5.74) is -0.253. The predicted octanol–water partition coefficient (Wildman–Crippen LogP) is 6.09. The molecule has 3 aromatic rings. The first-order chi connectivity index (χ1) is 14.1. The van der Waals surface area contributed by atoms with Crippen LogP contribution < -0.4 is 5.32 Å². The summed E-state index contributed by atoms with van der Waals surface area (Å²) in [7, 11) is 0. The highest BCUT2D eigenvalue weighted by atomic mass is 19.4. The number of aromatic amines is 1. The number of hydrogen-bond acceptors (Lipinski definition) is 1. The molecule has 0 aliphatic carbocycles. The van der Waals surface area contributed by atoms with Crippen molar-refractivity contribution in [2.24, 2.45) is 0 Å². The number of halogens is 5. The summed E-state index contributed by atoms with van der Waals surface area (Å²) in [6.07, 6.45) is -3.53. The molecule has 0 atom stereocenters. The second kappa shape index (κ2) is 6.83. The zero-order valence-electron chi connectivity index (χ0n) is 15.8. The SMILES string of the molecule is Cc1[nH]c(/C=C2\C(=O)Nc3cccc(-c4cccc(F)c4F)c32)c(C(F)(F)F)c1C. The van der Waals surface area contributed by atoms with Crippen LogP contribution in [0.5, 0.6) is 0 Å². The molecule has 0 spiro atoms. The zero-order chi connectivity index (χ0) is 21.8. The number of aryl methyl sites for hydroxylation is 1. The zero-order valence-corrected chi connectivity index (χ0v) is 15.8. The highest BCUT2D eigenvalue weighted by Crippen LogP contribution is 2.43. The molecule has 2 heterocycles. The van der Waals surface area contributed by atoms with Gasteiger partial charge in [-0.2, -0.15) is 13.2 Å². The van der Waals surface area contributed by atoms with Gasteiger partial charge in [-0.15, -0.1) is 0 Å². The number of fused-ring (bicyclic) bond motifs is 1. The van der Waals surface area contributed by atoms with E-state index in [1.807, 2.05) is 0 Å². The number of carbonyl (C=O) groups is 1. The van der Waals surface area contributed by atoms with Crippen LogP contribution in [0.1, 0.15) is 28.1 Å². The maximum absolute atomic E-state index is 14.4. The number of nitrogens with one attached hydrogen (secondary N) is 2. The number of benzene rings is 2. The van der Waals surface area contributed by atoms with Gasteiger partial charge in [0, 0.05) is 22.5 Å².